The molecule has 2 aliphatic rings. The van der Waals surface area contributed by atoms with Gasteiger partial charge in [-0.1, -0.05) is 110 Å². The van der Waals surface area contributed by atoms with Crippen LogP contribution in [0.4, 0.5) is 0 Å². The first-order valence-corrected chi connectivity index (χ1v) is 14.3. The predicted molar refractivity (Wildman–Crippen MR) is 155 cm³/mol. The summed E-state index contributed by atoms with van der Waals surface area (Å²) in [4.78, 5) is 28.2. The van der Waals surface area contributed by atoms with E-state index < -0.39 is 17.3 Å². The van der Waals surface area contributed by atoms with Crippen LogP contribution in [0.25, 0.3) is 0 Å². The normalized spacial score (nSPS) is 23.4. The molecule has 0 spiro atoms. The summed E-state index contributed by atoms with van der Waals surface area (Å²) in [5.74, 6) is -0.337. The Morgan fingerprint density at radius 2 is 1.02 bits per heavy atom. The number of hydrogen-bond donors (Lipinski definition) is 0. The second-order valence-corrected chi connectivity index (χ2v) is 11.0. The topological polar surface area (TPSA) is 52.6 Å². The third-order valence-electron chi connectivity index (χ3n) is 8.97. The molecule has 4 nitrogen and oxygen atoms in total. The van der Waals surface area contributed by atoms with Gasteiger partial charge in [-0.3, -0.25) is 9.59 Å². The molecule has 0 radical (unpaired) electrons. The highest BCUT2D eigenvalue weighted by molar-refractivity contribution is 5.82. The Labute approximate surface area is 236 Å². The van der Waals surface area contributed by atoms with Crippen molar-refractivity contribution in [1.29, 1.82) is 0 Å². The van der Waals surface area contributed by atoms with E-state index in [1.165, 1.54) is 0 Å². The van der Waals surface area contributed by atoms with E-state index in [2.05, 4.69) is 24.3 Å². The van der Waals surface area contributed by atoms with Crippen LogP contribution < -0.4 is 9.47 Å². The smallest absolute Gasteiger partial charge is 0.315 e. The lowest BCUT2D eigenvalue weighted by atomic mass is 9.46. The maximum absolute atomic E-state index is 14.4. The van der Waals surface area contributed by atoms with Crippen LogP contribution in [0.1, 0.15) is 43.2 Å². The predicted octanol–water partition coefficient (Wildman–Crippen LogP) is 7.63. The first-order chi connectivity index (χ1) is 19.7. The molecule has 4 aromatic carbocycles. The van der Waals surface area contributed by atoms with Crippen molar-refractivity contribution in [3.05, 3.63) is 132 Å². The van der Waals surface area contributed by atoms with Gasteiger partial charge in [-0.25, -0.2) is 0 Å². The molecular formula is C36H34O4. The first kappa shape index (κ1) is 26.1. The average molecular weight is 531 g/mol. The number of ether oxygens (including phenoxy) is 2. The number of hydrogen-bond acceptors (Lipinski definition) is 4. The molecule has 2 saturated carbocycles. The highest BCUT2D eigenvalue weighted by atomic mass is 16.5. The highest BCUT2D eigenvalue weighted by Gasteiger charge is 2.61. The van der Waals surface area contributed by atoms with Crippen molar-refractivity contribution >= 4 is 11.9 Å². The highest BCUT2D eigenvalue weighted by Crippen LogP contribution is 2.60. The van der Waals surface area contributed by atoms with Gasteiger partial charge in [0.2, 0.25) is 0 Å². The zero-order chi connectivity index (χ0) is 27.4. The lowest BCUT2D eigenvalue weighted by Gasteiger charge is -2.56. The van der Waals surface area contributed by atoms with Crippen LogP contribution in [-0.2, 0) is 15.0 Å². The van der Waals surface area contributed by atoms with Crippen LogP contribution in [0.2, 0.25) is 0 Å². The first-order valence-electron chi connectivity index (χ1n) is 14.3. The monoisotopic (exact) mass is 530 g/mol. The van der Waals surface area contributed by atoms with Crippen molar-refractivity contribution < 1.29 is 19.1 Å². The van der Waals surface area contributed by atoms with E-state index in [0.29, 0.717) is 17.9 Å². The Balaban J connectivity index is 1.50. The molecule has 4 atom stereocenters. The van der Waals surface area contributed by atoms with Gasteiger partial charge in [0.25, 0.3) is 0 Å². The second kappa shape index (κ2) is 11.5. The summed E-state index contributed by atoms with van der Waals surface area (Å²) >= 11 is 0. The molecule has 4 aromatic rings. The summed E-state index contributed by atoms with van der Waals surface area (Å²) in [6, 6.07) is 39.3. The Bertz CT molecular complexity index is 1380. The zero-order valence-corrected chi connectivity index (χ0v) is 22.5. The van der Waals surface area contributed by atoms with Gasteiger partial charge < -0.3 is 9.47 Å². The SMILES string of the molecule is O=C(Oc1ccccc1)C1CC(C(=O)Oc2ccccc2)C(c2ccccc2)(c2ccccc2)C2CCCCC12. The molecule has 40 heavy (non-hydrogen) atoms. The fourth-order valence-electron chi connectivity index (χ4n) is 7.41. The lowest BCUT2D eigenvalue weighted by Crippen LogP contribution is -2.58. The van der Waals surface area contributed by atoms with Gasteiger partial charge in [0.15, 0.2) is 0 Å². The van der Waals surface area contributed by atoms with Gasteiger partial charge in [-0.15, -0.1) is 0 Å². The van der Waals surface area contributed by atoms with E-state index in [1.807, 2.05) is 72.8 Å². The summed E-state index contributed by atoms with van der Waals surface area (Å²) in [6.45, 7) is 0. The lowest BCUT2D eigenvalue weighted by molar-refractivity contribution is -0.155. The summed E-state index contributed by atoms with van der Waals surface area (Å²) in [6.07, 6.45) is 4.35. The van der Waals surface area contributed by atoms with E-state index in [9.17, 15) is 9.59 Å². The maximum atomic E-state index is 14.4. The molecule has 2 fully saturated rings. The van der Waals surface area contributed by atoms with E-state index in [4.69, 9.17) is 9.47 Å². The third kappa shape index (κ3) is 4.83. The Morgan fingerprint density at radius 3 is 1.55 bits per heavy atom. The van der Waals surface area contributed by atoms with Gasteiger partial charge in [-0.05, 0) is 66.5 Å². The Hall–Kier alpha value is -4.18. The van der Waals surface area contributed by atoms with E-state index in [-0.39, 0.29) is 23.8 Å². The molecule has 0 heterocycles. The fourth-order valence-corrected chi connectivity index (χ4v) is 7.41. The molecule has 2 aliphatic carbocycles. The Kier molecular flexibility index (Phi) is 7.50. The summed E-state index contributed by atoms with van der Waals surface area (Å²) in [5, 5.41) is 0. The van der Waals surface area contributed by atoms with Crippen LogP contribution in [0, 0.1) is 23.7 Å². The number of fused-ring (bicyclic) bond motifs is 1. The van der Waals surface area contributed by atoms with E-state index in [1.54, 1.807) is 24.3 Å². The molecule has 0 N–H and O–H groups in total. The molecule has 0 amide bonds. The van der Waals surface area contributed by atoms with Crippen molar-refractivity contribution in [1.82, 2.24) is 0 Å². The minimum atomic E-state index is -0.636. The molecule has 202 valence electrons. The molecule has 6 rings (SSSR count). The molecule has 4 heteroatoms. The molecule has 0 aliphatic heterocycles. The van der Waals surface area contributed by atoms with Gasteiger partial charge in [0.05, 0.1) is 11.8 Å². The molecule has 0 saturated heterocycles. The number of rotatable bonds is 6. The Morgan fingerprint density at radius 1 is 0.575 bits per heavy atom. The van der Waals surface area contributed by atoms with Crippen molar-refractivity contribution in [2.45, 2.75) is 37.5 Å². The van der Waals surface area contributed by atoms with Gasteiger partial charge in [-0.2, -0.15) is 0 Å². The molecular weight excluding hydrogens is 496 g/mol. The van der Waals surface area contributed by atoms with Crippen molar-refractivity contribution in [3.8, 4) is 11.5 Å². The number of para-hydroxylation sites is 2. The maximum Gasteiger partial charge on any atom is 0.315 e. The molecule has 4 unspecified atom stereocenters. The van der Waals surface area contributed by atoms with Gasteiger partial charge in [0.1, 0.15) is 11.5 Å². The van der Waals surface area contributed by atoms with Gasteiger partial charge in [0, 0.05) is 5.41 Å². The van der Waals surface area contributed by atoms with Crippen molar-refractivity contribution in [2.75, 3.05) is 0 Å². The molecule has 0 aromatic heterocycles. The summed E-state index contributed by atoms with van der Waals surface area (Å²) in [7, 11) is 0. The van der Waals surface area contributed by atoms with Crippen LogP contribution in [-0.4, -0.2) is 11.9 Å². The second-order valence-electron chi connectivity index (χ2n) is 11.0. The summed E-state index contributed by atoms with van der Waals surface area (Å²) in [5.41, 5.74) is 1.56. The zero-order valence-electron chi connectivity index (χ0n) is 22.5. The van der Waals surface area contributed by atoms with Crippen LogP contribution in [0.5, 0.6) is 11.5 Å². The quantitative estimate of drug-likeness (QED) is 0.190. The number of carbonyl (C=O) groups is 2. The summed E-state index contributed by atoms with van der Waals surface area (Å²) < 4.78 is 12.0. The average Bonchev–Trinajstić information content (AvgIpc) is 3.02. The largest absolute Gasteiger partial charge is 0.426 e. The van der Waals surface area contributed by atoms with Crippen LogP contribution >= 0.6 is 0 Å². The van der Waals surface area contributed by atoms with Crippen LogP contribution in [0.15, 0.2) is 121 Å². The van der Waals surface area contributed by atoms with Crippen molar-refractivity contribution in [2.24, 2.45) is 23.7 Å². The standard InChI is InChI=1S/C36H34O4/c37-34(39-28-19-9-3-10-20-28)31-25-33(35(38)40-29-21-11-4-12-22-29)36(26-15-5-1-6-16-26,27-17-7-2-8-18-27)32-24-14-13-23-30(31)32/h1-12,15-22,30-33H,13-14,23-25H2. The van der Waals surface area contributed by atoms with Gasteiger partial charge >= 0.3 is 11.9 Å². The van der Waals surface area contributed by atoms with E-state index in [0.717, 1.165) is 36.8 Å². The third-order valence-corrected chi connectivity index (χ3v) is 8.97. The van der Waals surface area contributed by atoms with Crippen molar-refractivity contribution in [3.63, 3.8) is 0 Å². The number of benzene rings is 4. The number of esters is 2. The fraction of sp³-hybridized carbons (Fsp3) is 0.278. The number of carbonyl (C=O) groups excluding carboxylic acids is 2. The minimum Gasteiger partial charge on any atom is -0.426 e. The minimum absolute atomic E-state index is 0.0708. The van der Waals surface area contributed by atoms with Crippen LogP contribution in [0.3, 0.4) is 0 Å². The molecule has 0 bridgehead atoms. The van der Waals surface area contributed by atoms with E-state index >= 15 is 0 Å².